The molecule has 0 spiro atoms. The van der Waals surface area contributed by atoms with Gasteiger partial charge in [0, 0.05) is 61.1 Å². The average Bonchev–Trinajstić information content (AvgIpc) is 3.05. The Morgan fingerprint density at radius 1 is 0.795 bits per heavy atom. The number of hydrogen-bond acceptors (Lipinski definition) is 5. The van der Waals surface area contributed by atoms with Gasteiger partial charge in [-0.1, -0.05) is 107 Å². The van der Waals surface area contributed by atoms with E-state index in [-0.39, 0.29) is 0 Å². The van der Waals surface area contributed by atoms with Gasteiger partial charge < -0.3 is 14.9 Å². The Bertz CT molecular complexity index is 1670. The molecule has 1 unspecified atom stereocenters. The topological polar surface area (TPSA) is 42.8 Å². The zero-order chi connectivity index (χ0) is 30.5. The fourth-order valence-electron chi connectivity index (χ4n) is 6.31. The second-order valence-electron chi connectivity index (χ2n) is 12.2. The van der Waals surface area contributed by atoms with Crippen molar-refractivity contribution in [3.05, 3.63) is 141 Å². The number of piperazine rings is 1. The molecule has 1 aromatic heterocycles. The first-order chi connectivity index (χ1) is 21.4. The third-order valence-electron chi connectivity index (χ3n) is 8.71. The van der Waals surface area contributed by atoms with E-state index in [1.807, 2.05) is 44.4 Å². The van der Waals surface area contributed by atoms with Crippen molar-refractivity contribution in [3.63, 3.8) is 0 Å². The summed E-state index contributed by atoms with van der Waals surface area (Å²) in [5, 5.41) is 13.6. The molecule has 226 valence electrons. The maximum atomic E-state index is 12.6. The van der Waals surface area contributed by atoms with Crippen LogP contribution in [-0.2, 0) is 18.6 Å². The van der Waals surface area contributed by atoms with Crippen LogP contribution in [0.2, 0.25) is 0 Å². The summed E-state index contributed by atoms with van der Waals surface area (Å²) >= 11 is 3.78. The Morgan fingerprint density at radius 3 is 2.05 bits per heavy atom. The van der Waals surface area contributed by atoms with Gasteiger partial charge >= 0.3 is 0 Å². The molecular formula is C38H41BrN4O. The summed E-state index contributed by atoms with van der Waals surface area (Å²) < 4.78 is 0.939. The molecule has 1 aliphatic heterocycles. The number of pyridine rings is 1. The van der Waals surface area contributed by atoms with Gasteiger partial charge in [0.25, 0.3) is 0 Å². The van der Waals surface area contributed by atoms with Crippen LogP contribution in [0.25, 0.3) is 10.9 Å². The van der Waals surface area contributed by atoms with Gasteiger partial charge in [0.15, 0.2) is 0 Å². The molecule has 44 heavy (non-hydrogen) atoms. The van der Waals surface area contributed by atoms with Gasteiger partial charge in [0.05, 0.1) is 5.52 Å². The van der Waals surface area contributed by atoms with Crippen LogP contribution in [0.4, 0.5) is 5.82 Å². The van der Waals surface area contributed by atoms with Gasteiger partial charge in [-0.3, -0.25) is 4.90 Å². The van der Waals surface area contributed by atoms with E-state index in [1.54, 1.807) is 0 Å². The lowest BCUT2D eigenvalue weighted by Crippen LogP contribution is -2.46. The molecule has 4 aromatic carbocycles. The van der Waals surface area contributed by atoms with Crippen LogP contribution < -0.4 is 4.90 Å². The van der Waals surface area contributed by atoms with Crippen molar-refractivity contribution >= 4 is 32.7 Å². The Morgan fingerprint density at radius 2 is 1.41 bits per heavy atom. The molecule has 5 aromatic rings. The molecule has 0 radical (unpaired) electrons. The summed E-state index contributed by atoms with van der Waals surface area (Å²) in [6.07, 6.45) is 1.35. The van der Waals surface area contributed by atoms with E-state index in [4.69, 9.17) is 4.98 Å². The van der Waals surface area contributed by atoms with Crippen molar-refractivity contribution < 1.29 is 5.11 Å². The second kappa shape index (κ2) is 13.6. The Hall–Kier alpha value is -3.55. The zero-order valence-corrected chi connectivity index (χ0v) is 27.2. The van der Waals surface area contributed by atoms with Crippen LogP contribution in [0.3, 0.4) is 0 Å². The van der Waals surface area contributed by atoms with Gasteiger partial charge in [-0.25, -0.2) is 4.98 Å². The van der Waals surface area contributed by atoms with Crippen LogP contribution in [0.5, 0.6) is 0 Å². The van der Waals surface area contributed by atoms with E-state index in [2.05, 4.69) is 109 Å². The number of aliphatic hydroxyl groups is 1. The minimum atomic E-state index is -1.20. The summed E-state index contributed by atoms with van der Waals surface area (Å²) in [5.41, 5.74) is 5.20. The predicted octanol–water partition coefficient (Wildman–Crippen LogP) is 7.10. The third-order valence-corrected chi connectivity index (χ3v) is 9.17. The molecule has 6 heteroatoms. The number of halogens is 1. The van der Waals surface area contributed by atoms with Gasteiger partial charge in [-0.05, 0) is 61.0 Å². The normalized spacial score (nSPS) is 15.5. The van der Waals surface area contributed by atoms with Gasteiger partial charge in [-0.15, -0.1) is 0 Å². The first kappa shape index (κ1) is 30.5. The maximum absolute atomic E-state index is 12.6. The molecule has 1 fully saturated rings. The highest BCUT2D eigenvalue weighted by Gasteiger charge is 2.35. The van der Waals surface area contributed by atoms with Crippen LogP contribution in [0.1, 0.15) is 34.2 Å². The lowest BCUT2D eigenvalue weighted by molar-refractivity contribution is 0.0641. The SMILES string of the molecule is CN(C)CCC(O)(c1ccccc1)c1cc(Br)cc2cc(Cc3ccccc3)c(N3CCN(Cc4ccccc4)CC3)nc12. The summed E-state index contributed by atoms with van der Waals surface area (Å²) in [6, 6.07) is 37.9. The number of anilines is 1. The zero-order valence-electron chi connectivity index (χ0n) is 25.7. The van der Waals surface area contributed by atoms with Crippen molar-refractivity contribution in [2.75, 3.05) is 51.7 Å². The van der Waals surface area contributed by atoms with Crippen LogP contribution in [0, 0.1) is 0 Å². The number of fused-ring (bicyclic) bond motifs is 1. The van der Waals surface area contributed by atoms with Crippen molar-refractivity contribution in [1.82, 2.24) is 14.8 Å². The minimum Gasteiger partial charge on any atom is -0.380 e. The number of nitrogens with zero attached hydrogens (tertiary/aromatic N) is 4. The first-order valence-corrected chi connectivity index (χ1v) is 16.3. The van der Waals surface area contributed by atoms with Crippen molar-refractivity contribution in [2.24, 2.45) is 0 Å². The molecule has 0 bridgehead atoms. The van der Waals surface area contributed by atoms with Gasteiger partial charge in [0.1, 0.15) is 11.4 Å². The smallest absolute Gasteiger partial charge is 0.132 e. The summed E-state index contributed by atoms with van der Waals surface area (Å²) in [7, 11) is 4.10. The van der Waals surface area contributed by atoms with Gasteiger partial charge in [0.2, 0.25) is 0 Å². The predicted molar refractivity (Wildman–Crippen MR) is 185 cm³/mol. The molecule has 0 aliphatic carbocycles. The molecule has 5 nitrogen and oxygen atoms in total. The number of rotatable bonds is 10. The molecular weight excluding hydrogens is 608 g/mol. The summed E-state index contributed by atoms with van der Waals surface area (Å²) in [5.74, 6) is 1.02. The molecule has 0 amide bonds. The van der Waals surface area contributed by atoms with E-state index in [0.29, 0.717) is 6.42 Å². The quantitative estimate of drug-likeness (QED) is 0.175. The van der Waals surface area contributed by atoms with E-state index in [9.17, 15) is 5.11 Å². The Balaban J connectivity index is 1.43. The van der Waals surface area contributed by atoms with Crippen molar-refractivity contribution in [1.29, 1.82) is 0 Å². The van der Waals surface area contributed by atoms with Crippen molar-refractivity contribution in [3.8, 4) is 0 Å². The lowest BCUT2D eigenvalue weighted by Gasteiger charge is -2.37. The van der Waals surface area contributed by atoms with Crippen LogP contribution >= 0.6 is 15.9 Å². The van der Waals surface area contributed by atoms with E-state index >= 15 is 0 Å². The largest absolute Gasteiger partial charge is 0.380 e. The second-order valence-corrected chi connectivity index (χ2v) is 13.1. The fraction of sp³-hybridized carbons (Fsp3) is 0.289. The maximum Gasteiger partial charge on any atom is 0.132 e. The highest BCUT2D eigenvalue weighted by molar-refractivity contribution is 9.10. The average molecular weight is 650 g/mol. The molecule has 2 heterocycles. The highest BCUT2D eigenvalue weighted by atomic mass is 79.9. The lowest BCUT2D eigenvalue weighted by atomic mass is 9.82. The van der Waals surface area contributed by atoms with Crippen molar-refractivity contribution in [2.45, 2.75) is 25.0 Å². The molecule has 1 aliphatic rings. The monoisotopic (exact) mass is 648 g/mol. The molecule has 6 rings (SSSR count). The van der Waals surface area contributed by atoms with E-state index in [1.165, 1.54) is 16.7 Å². The number of aromatic nitrogens is 1. The fourth-order valence-corrected chi connectivity index (χ4v) is 6.79. The van der Waals surface area contributed by atoms with E-state index < -0.39 is 5.60 Å². The first-order valence-electron chi connectivity index (χ1n) is 15.5. The molecule has 1 atom stereocenters. The molecule has 0 saturated carbocycles. The van der Waals surface area contributed by atoms with E-state index in [0.717, 1.165) is 78.0 Å². The standard InChI is InChI=1S/C38H41BrN4O/c1-41(2)19-18-38(44,33-16-10-5-11-17-33)35-27-34(39)26-31-25-32(24-29-12-6-3-7-13-29)37(40-36(31)35)43-22-20-42(21-23-43)28-30-14-8-4-9-15-30/h3-17,25-27,44H,18-24,28H2,1-2H3. The van der Waals surface area contributed by atoms with Gasteiger partial charge in [-0.2, -0.15) is 0 Å². The number of hydrogen-bond donors (Lipinski definition) is 1. The Kier molecular flexibility index (Phi) is 9.43. The van der Waals surface area contributed by atoms with Crippen LogP contribution in [0.15, 0.2) is 114 Å². The molecule has 1 N–H and O–H groups in total. The molecule has 1 saturated heterocycles. The summed E-state index contributed by atoms with van der Waals surface area (Å²) in [4.78, 5) is 12.6. The number of benzene rings is 4. The Labute approximate surface area is 269 Å². The minimum absolute atomic E-state index is 0.552. The highest BCUT2D eigenvalue weighted by Crippen LogP contribution is 2.40. The third kappa shape index (κ3) is 6.89. The summed E-state index contributed by atoms with van der Waals surface area (Å²) in [6.45, 7) is 5.46. The van der Waals surface area contributed by atoms with Crippen LogP contribution in [-0.4, -0.2) is 66.7 Å².